The topological polar surface area (TPSA) is 59.1 Å². The van der Waals surface area contributed by atoms with Crippen molar-refractivity contribution in [1.82, 2.24) is 15.3 Å². The maximum absolute atomic E-state index is 5.20. The van der Waals surface area contributed by atoms with Gasteiger partial charge in [0.15, 0.2) is 0 Å². The van der Waals surface area contributed by atoms with E-state index < -0.39 is 0 Å². The second kappa shape index (κ2) is 5.46. The van der Waals surface area contributed by atoms with Gasteiger partial charge in [-0.1, -0.05) is 18.2 Å². The lowest BCUT2D eigenvalue weighted by Crippen LogP contribution is -2.05. The molecule has 1 aromatic heterocycles. The van der Waals surface area contributed by atoms with Crippen LogP contribution in [-0.2, 0) is 19.6 Å². The summed E-state index contributed by atoms with van der Waals surface area (Å²) < 4.78 is 5.20. The number of hydrogen-bond acceptors (Lipinski definition) is 5. The fourth-order valence-electron chi connectivity index (χ4n) is 2.46. The Hall–Kier alpha value is -2.14. The third kappa shape index (κ3) is 2.44. The third-order valence-electron chi connectivity index (χ3n) is 3.59. The largest absolute Gasteiger partial charge is 0.481 e. The van der Waals surface area contributed by atoms with Gasteiger partial charge in [0.2, 0.25) is 5.88 Å². The van der Waals surface area contributed by atoms with E-state index in [0.717, 1.165) is 31.0 Å². The van der Waals surface area contributed by atoms with Crippen molar-refractivity contribution in [2.75, 3.05) is 12.4 Å². The van der Waals surface area contributed by atoms with E-state index in [0.29, 0.717) is 5.88 Å². The zero-order chi connectivity index (χ0) is 13.9. The van der Waals surface area contributed by atoms with Gasteiger partial charge in [0.05, 0.1) is 12.7 Å². The molecule has 0 bridgehead atoms. The van der Waals surface area contributed by atoms with Gasteiger partial charge in [0.25, 0.3) is 0 Å². The number of ether oxygens (including phenoxy) is 1. The zero-order valence-corrected chi connectivity index (χ0v) is 11.7. The summed E-state index contributed by atoms with van der Waals surface area (Å²) >= 11 is 0. The minimum atomic E-state index is 0.612. The molecule has 0 aliphatic carbocycles. The highest BCUT2D eigenvalue weighted by molar-refractivity contribution is 5.48. The summed E-state index contributed by atoms with van der Waals surface area (Å²) in [5.74, 6) is 1.43. The Morgan fingerprint density at radius 2 is 2.10 bits per heavy atom. The highest BCUT2D eigenvalue weighted by Gasteiger charge is 2.11. The van der Waals surface area contributed by atoms with Crippen LogP contribution >= 0.6 is 0 Å². The summed E-state index contributed by atoms with van der Waals surface area (Å²) in [6, 6.07) is 6.60. The van der Waals surface area contributed by atoms with Crippen LogP contribution in [0.25, 0.3) is 0 Å². The van der Waals surface area contributed by atoms with E-state index in [-0.39, 0.29) is 0 Å². The Balaban J connectivity index is 1.73. The van der Waals surface area contributed by atoms with Gasteiger partial charge in [-0.15, -0.1) is 0 Å². The molecule has 2 aromatic rings. The number of fused-ring (bicyclic) bond motifs is 1. The molecule has 104 valence electrons. The number of aromatic nitrogens is 2. The van der Waals surface area contributed by atoms with Crippen molar-refractivity contribution in [2.24, 2.45) is 0 Å². The molecule has 0 fully saturated rings. The Kier molecular flexibility index (Phi) is 3.52. The van der Waals surface area contributed by atoms with E-state index in [2.05, 4.69) is 38.8 Å². The van der Waals surface area contributed by atoms with Crippen LogP contribution < -0.4 is 15.4 Å². The lowest BCUT2D eigenvalue weighted by atomic mass is 10.1. The summed E-state index contributed by atoms with van der Waals surface area (Å²) in [5.41, 5.74) is 4.97. The molecule has 20 heavy (non-hydrogen) atoms. The molecule has 0 unspecified atom stereocenters. The maximum atomic E-state index is 5.20. The average Bonchev–Trinajstić information content (AvgIpc) is 2.93. The molecule has 1 aliphatic rings. The van der Waals surface area contributed by atoms with Crippen molar-refractivity contribution in [3.05, 3.63) is 46.8 Å². The summed E-state index contributed by atoms with van der Waals surface area (Å²) in [5, 5.41) is 6.70. The zero-order valence-electron chi connectivity index (χ0n) is 11.7. The molecule has 0 saturated carbocycles. The van der Waals surface area contributed by atoms with E-state index >= 15 is 0 Å². The molecule has 0 amide bonds. The Labute approximate surface area is 118 Å². The van der Waals surface area contributed by atoms with Crippen LogP contribution in [0.1, 0.15) is 22.3 Å². The molecule has 3 rings (SSSR count). The summed E-state index contributed by atoms with van der Waals surface area (Å²) in [6.07, 6.45) is 1.51. The molecule has 2 N–H and O–H groups in total. The molecule has 1 aromatic carbocycles. The normalized spacial score (nSPS) is 13.1. The third-order valence-corrected chi connectivity index (χ3v) is 3.59. The number of rotatable bonds is 4. The number of anilines is 1. The average molecular weight is 270 g/mol. The molecule has 0 radical (unpaired) electrons. The van der Waals surface area contributed by atoms with Crippen LogP contribution in [-0.4, -0.2) is 17.1 Å². The Morgan fingerprint density at radius 1 is 1.25 bits per heavy atom. The van der Waals surface area contributed by atoms with Crippen LogP contribution in [0.4, 0.5) is 5.82 Å². The predicted molar refractivity (Wildman–Crippen MR) is 77.6 cm³/mol. The van der Waals surface area contributed by atoms with Gasteiger partial charge >= 0.3 is 0 Å². The van der Waals surface area contributed by atoms with E-state index in [1.54, 1.807) is 7.11 Å². The van der Waals surface area contributed by atoms with Crippen LogP contribution in [0.2, 0.25) is 0 Å². The van der Waals surface area contributed by atoms with Gasteiger partial charge in [0, 0.05) is 19.6 Å². The number of nitrogens with zero attached hydrogens (tertiary/aromatic N) is 2. The second-order valence-electron chi connectivity index (χ2n) is 4.92. The lowest BCUT2D eigenvalue weighted by molar-refractivity contribution is 0.393. The van der Waals surface area contributed by atoms with Crippen molar-refractivity contribution < 1.29 is 4.74 Å². The van der Waals surface area contributed by atoms with Gasteiger partial charge in [-0.25, -0.2) is 9.97 Å². The molecule has 2 heterocycles. The van der Waals surface area contributed by atoms with Gasteiger partial charge in [-0.05, 0) is 23.6 Å². The van der Waals surface area contributed by atoms with E-state index in [1.165, 1.54) is 23.0 Å². The summed E-state index contributed by atoms with van der Waals surface area (Å²) in [6.45, 7) is 4.64. The molecule has 5 heteroatoms. The van der Waals surface area contributed by atoms with E-state index in [9.17, 15) is 0 Å². The van der Waals surface area contributed by atoms with Gasteiger partial charge in [-0.3, -0.25) is 0 Å². The van der Waals surface area contributed by atoms with Crippen molar-refractivity contribution in [2.45, 2.75) is 26.6 Å². The summed E-state index contributed by atoms with van der Waals surface area (Å²) in [4.78, 5) is 8.34. The minimum Gasteiger partial charge on any atom is -0.481 e. The predicted octanol–water partition coefficient (Wildman–Crippen LogP) is 2.01. The minimum absolute atomic E-state index is 0.612. The number of methoxy groups -OCH3 is 1. The molecular formula is C15H18N4O. The molecule has 0 atom stereocenters. The number of benzene rings is 1. The van der Waals surface area contributed by atoms with E-state index in [1.807, 2.05) is 6.92 Å². The van der Waals surface area contributed by atoms with Crippen LogP contribution in [0.15, 0.2) is 24.5 Å². The van der Waals surface area contributed by atoms with Gasteiger partial charge in [-0.2, -0.15) is 0 Å². The highest BCUT2D eigenvalue weighted by Crippen LogP contribution is 2.21. The smallest absolute Gasteiger partial charge is 0.221 e. The van der Waals surface area contributed by atoms with Crippen LogP contribution in [0.3, 0.4) is 0 Å². The first-order valence-electron chi connectivity index (χ1n) is 6.69. The van der Waals surface area contributed by atoms with Gasteiger partial charge < -0.3 is 15.4 Å². The first-order valence-corrected chi connectivity index (χ1v) is 6.69. The molecule has 0 saturated heterocycles. The maximum Gasteiger partial charge on any atom is 0.221 e. The van der Waals surface area contributed by atoms with Crippen molar-refractivity contribution in [1.29, 1.82) is 0 Å². The molecular weight excluding hydrogens is 252 g/mol. The quantitative estimate of drug-likeness (QED) is 0.890. The number of nitrogens with one attached hydrogen (secondary N) is 2. The lowest BCUT2D eigenvalue weighted by Gasteiger charge is -2.11. The fraction of sp³-hybridized carbons (Fsp3) is 0.333. The van der Waals surface area contributed by atoms with Gasteiger partial charge in [0.1, 0.15) is 12.1 Å². The van der Waals surface area contributed by atoms with Crippen molar-refractivity contribution >= 4 is 5.82 Å². The Bertz CT molecular complexity index is 627. The fourth-order valence-corrected chi connectivity index (χ4v) is 2.46. The van der Waals surface area contributed by atoms with Crippen molar-refractivity contribution in [3.8, 4) is 5.88 Å². The standard InChI is InChI=1S/C15H18N4O/c1-10-14(18-9-19-15(10)20-2)17-6-11-3-4-12-7-16-8-13(12)5-11/h3-5,9,16H,6-8H2,1-2H3,(H,17,18,19). The van der Waals surface area contributed by atoms with E-state index in [4.69, 9.17) is 4.74 Å². The molecule has 0 spiro atoms. The number of hydrogen-bond donors (Lipinski definition) is 2. The highest BCUT2D eigenvalue weighted by atomic mass is 16.5. The SMILES string of the molecule is COc1ncnc(NCc2ccc3c(c2)CNC3)c1C. The summed E-state index contributed by atoms with van der Waals surface area (Å²) in [7, 11) is 1.62. The first-order chi connectivity index (χ1) is 9.78. The monoisotopic (exact) mass is 270 g/mol. The van der Waals surface area contributed by atoms with Crippen LogP contribution in [0.5, 0.6) is 5.88 Å². The Morgan fingerprint density at radius 3 is 2.95 bits per heavy atom. The first kappa shape index (κ1) is 12.9. The molecule has 5 nitrogen and oxygen atoms in total. The molecule has 1 aliphatic heterocycles. The second-order valence-corrected chi connectivity index (χ2v) is 4.92. The van der Waals surface area contributed by atoms with Crippen molar-refractivity contribution in [3.63, 3.8) is 0 Å². The van der Waals surface area contributed by atoms with Crippen LogP contribution in [0, 0.1) is 6.92 Å².